The first-order chi connectivity index (χ1) is 14.9. The van der Waals surface area contributed by atoms with Gasteiger partial charge in [-0.2, -0.15) is 0 Å². The summed E-state index contributed by atoms with van der Waals surface area (Å²) in [6, 6.07) is 7.76. The molecule has 1 N–H and O–H groups in total. The van der Waals surface area contributed by atoms with Crippen LogP contribution in [0.4, 0.5) is 0 Å². The van der Waals surface area contributed by atoms with Crippen LogP contribution < -0.4 is 4.74 Å². The number of ether oxygens (including phenoxy) is 2. The predicted octanol–water partition coefficient (Wildman–Crippen LogP) is 5.57. The summed E-state index contributed by atoms with van der Waals surface area (Å²) in [6.45, 7) is 7.53. The van der Waals surface area contributed by atoms with E-state index in [1.807, 2.05) is 24.3 Å². The van der Waals surface area contributed by atoms with E-state index in [4.69, 9.17) is 19.4 Å². The first-order valence-corrected chi connectivity index (χ1v) is 12.2. The molecule has 3 heterocycles. The number of carbonyl (C=O) groups is 1. The van der Waals surface area contributed by atoms with Gasteiger partial charge in [0.1, 0.15) is 15.6 Å². The number of nitrogens with zero attached hydrogens (tertiary/aromatic N) is 2. The van der Waals surface area contributed by atoms with E-state index in [1.165, 1.54) is 17.3 Å². The molecule has 0 saturated heterocycles. The SMILES string of the molecule is CCCCOc1ccc(-c2nc(SCC(=O)O)c3c4c(sc3n2)COC(C)(C)C4)cc1. The molecule has 164 valence electrons. The minimum absolute atomic E-state index is 0.0414. The third-order valence-corrected chi connectivity index (χ3v) is 7.17. The van der Waals surface area contributed by atoms with Crippen molar-refractivity contribution < 1.29 is 19.4 Å². The Morgan fingerprint density at radius 1 is 1.29 bits per heavy atom. The smallest absolute Gasteiger partial charge is 0.313 e. The Bertz CT molecular complexity index is 1090. The van der Waals surface area contributed by atoms with Crippen LogP contribution in [0.2, 0.25) is 0 Å². The lowest BCUT2D eigenvalue weighted by atomic mass is 9.94. The molecule has 3 aromatic rings. The Hall–Kier alpha value is -2.16. The Kier molecular flexibility index (Phi) is 6.50. The largest absolute Gasteiger partial charge is 0.494 e. The molecular formula is C23H26N2O4S2. The highest BCUT2D eigenvalue weighted by molar-refractivity contribution is 8.00. The number of hydrogen-bond acceptors (Lipinski definition) is 7. The van der Waals surface area contributed by atoms with Crippen molar-refractivity contribution in [2.75, 3.05) is 12.4 Å². The van der Waals surface area contributed by atoms with Crippen molar-refractivity contribution in [1.29, 1.82) is 0 Å². The number of carboxylic acid groups (broad SMARTS) is 1. The summed E-state index contributed by atoms with van der Waals surface area (Å²) in [5.74, 6) is 0.518. The molecule has 4 rings (SSSR count). The fourth-order valence-corrected chi connectivity index (χ4v) is 5.45. The van der Waals surface area contributed by atoms with Gasteiger partial charge in [0.15, 0.2) is 5.82 Å². The standard InChI is InChI=1S/C23H26N2O4S2/c1-4-5-10-28-15-8-6-14(7-9-15)20-24-21(30-13-18(26)27)19-16-11-23(2,3)29-12-17(16)31-22(19)25-20/h6-9H,4-5,10-13H2,1-3H3,(H,26,27). The Morgan fingerprint density at radius 2 is 2.06 bits per heavy atom. The Labute approximate surface area is 190 Å². The molecule has 0 atom stereocenters. The van der Waals surface area contributed by atoms with Gasteiger partial charge in [-0.3, -0.25) is 4.79 Å². The highest BCUT2D eigenvalue weighted by Crippen LogP contribution is 2.42. The molecule has 1 aromatic carbocycles. The van der Waals surface area contributed by atoms with Gasteiger partial charge < -0.3 is 14.6 Å². The third-order valence-electron chi connectivity index (χ3n) is 5.11. The zero-order valence-corrected chi connectivity index (χ0v) is 19.6. The third kappa shape index (κ3) is 5.02. The van der Waals surface area contributed by atoms with Crippen LogP contribution in [0.25, 0.3) is 21.6 Å². The highest BCUT2D eigenvalue weighted by Gasteiger charge is 2.31. The molecule has 0 saturated carbocycles. The molecule has 8 heteroatoms. The number of thiophene rings is 1. The molecule has 0 spiro atoms. The summed E-state index contributed by atoms with van der Waals surface area (Å²) >= 11 is 2.86. The van der Waals surface area contributed by atoms with E-state index in [1.54, 1.807) is 11.3 Å². The van der Waals surface area contributed by atoms with Gasteiger partial charge in [0.05, 0.1) is 24.6 Å². The van der Waals surface area contributed by atoms with Gasteiger partial charge in [-0.25, -0.2) is 9.97 Å². The molecule has 0 aliphatic carbocycles. The second kappa shape index (κ2) is 9.14. The van der Waals surface area contributed by atoms with Crippen molar-refractivity contribution >= 4 is 39.3 Å². The minimum atomic E-state index is -0.861. The maximum atomic E-state index is 11.2. The monoisotopic (exact) mass is 458 g/mol. The fraction of sp³-hybridized carbons (Fsp3) is 0.435. The van der Waals surface area contributed by atoms with Crippen molar-refractivity contribution in [3.05, 3.63) is 34.7 Å². The zero-order valence-electron chi connectivity index (χ0n) is 17.9. The molecule has 0 amide bonds. The van der Waals surface area contributed by atoms with Crippen molar-refractivity contribution in [1.82, 2.24) is 9.97 Å². The summed E-state index contributed by atoms with van der Waals surface area (Å²) < 4.78 is 11.7. The Balaban J connectivity index is 1.72. The topological polar surface area (TPSA) is 81.5 Å². The lowest BCUT2D eigenvalue weighted by Crippen LogP contribution is -2.31. The maximum absolute atomic E-state index is 11.2. The van der Waals surface area contributed by atoms with E-state index >= 15 is 0 Å². The normalized spacial score (nSPS) is 15.1. The van der Waals surface area contributed by atoms with Gasteiger partial charge in [-0.15, -0.1) is 11.3 Å². The first-order valence-electron chi connectivity index (χ1n) is 10.4. The fourth-order valence-electron chi connectivity index (χ4n) is 3.51. The molecule has 2 aromatic heterocycles. The average Bonchev–Trinajstić information content (AvgIpc) is 3.09. The number of benzene rings is 1. The van der Waals surface area contributed by atoms with Crippen LogP contribution in [0.1, 0.15) is 44.1 Å². The lowest BCUT2D eigenvalue weighted by molar-refractivity contribution is -0.133. The molecular weight excluding hydrogens is 432 g/mol. The lowest BCUT2D eigenvalue weighted by Gasteiger charge is -2.30. The van der Waals surface area contributed by atoms with E-state index in [2.05, 4.69) is 20.8 Å². The van der Waals surface area contributed by atoms with E-state index in [0.29, 0.717) is 19.0 Å². The van der Waals surface area contributed by atoms with Crippen LogP contribution in [0.3, 0.4) is 0 Å². The van der Waals surface area contributed by atoms with Crippen molar-refractivity contribution in [2.24, 2.45) is 0 Å². The molecule has 1 aliphatic rings. The maximum Gasteiger partial charge on any atom is 0.313 e. The average molecular weight is 459 g/mol. The van der Waals surface area contributed by atoms with Crippen LogP contribution in [-0.2, 0) is 22.6 Å². The number of unbranched alkanes of at least 4 members (excludes halogenated alkanes) is 1. The number of fused-ring (bicyclic) bond motifs is 3. The number of thioether (sulfide) groups is 1. The van der Waals surface area contributed by atoms with E-state index in [9.17, 15) is 9.90 Å². The summed E-state index contributed by atoms with van der Waals surface area (Å²) in [4.78, 5) is 22.9. The molecule has 0 unspecified atom stereocenters. The predicted molar refractivity (Wildman–Crippen MR) is 124 cm³/mol. The number of aliphatic carboxylic acids is 1. The van der Waals surface area contributed by atoms with E-state index < -0.39 is 5.97 Å². The Morgan fingerprint density at radius 3 is 2.77 bits per heavy atom. The van der Waals surface area contributed by atoms with Crippen LogP contribution in [0, 0.1) is 0 Å². The quantitative estimate of drug-likeness (QED) is 0.269. The van der Waals surface area contributed by atoms with Crippen molar-refractivity contribution in [2.45, 2.75) is 57.3 Å². The molecule has 0 radical (unpaired) electrons. The second-order valence-corrected chi connectivity index (χ2v) is 10.2. The van der Waals surface area contributed by atoms with Gasteiger partial charge in [-0.1, -0.05) is 25.1 Å². The summed E-state index contributed by atoms with van der Waals surface area (Å²) in [7, 11) is 0. The molecule has 1 aliphatic heterocycles. The van der Waals surface area contributed by atoms with Gasteiger partial charge in [0.2, 0.25) is 0 Å². The molecule has 0 bridgehead atoms. The molecule has 0 fully saturated rings. The summed E-state index contributed by atoms with van der Waals surface area (Å²) in [5.41, 5.74) is 1.81. The van der Waals surface area contributed by atoms with Crippen LogP contribution in [0.5, 0.6) is 5.75 Å². The molecule has 6 nitrogen and oxygen atoms in total. The van der Waals surface area contributed by atoms with E-state index in [-0.39, 0.29) is 11.4 Å². The van der Waals surface area contributed by atoms with Crippen LogP contribution in [0.15, 0.2) is 29.3 Å². The summed E-state index contributed by atoms with van der Waals surface area (Å²) in [6.07, 6.45) is 2.88. The van der Waals surface area contributed by atoms with Crippen LogP contribution in [-0.4, -0.2) is 39.0 Å². The minimum Gasteiger partial charge on any atom is -0.494 e. The van der Waals surface area contributed by atoms with Gasteiger partial charge in [0.25, 0.3) is 0 Å². The number of hydrogen-bond donors (Lipinski definition) is 1. The van der Waals surface area contributed by atoms with Gasteiger partial charge in [-0.05, 0) is 50.1 Å². The number of aromatic nitrogens is 2. The summed E-state index contributed by atoms with van der Waals surface area (Å²) in [5, 5.41) is 10.9. The van der Waals surface area contributed by atoms with Gasteiger partial charge >= 0.3 is 5.97 Å². The first kappa shape index (κ1) is 22.0. The van der Waals surface area contributed by atoms with E-state index in [0.717, 1.165) is 50.7 Å². The number of rotatable bonds is 8. The van der Waals surface area contributed by atoms with Crippen molar-refractivity contribution in [3.8, 4) is 17.1 Å². The van der Waals surface area contributed by atoms with Crippen LogP contribution >= 0.6 is 23.1 Å². The zero-order chi connectivity index (χ0) is 22.0. The number of carboxylic acids is 1. The molecule has 31 heavy (non-hydrogen) atoms. The highest BCUT2D eigenvalue weighted by atomic mass is 32.2. The second-order valence-electron chi connectivity index (χ2n) is 8.17. The van der Waals surface area contributed by atoms with Gasteiger partial charge in [0, 0.05) is 22.2 Å². The van der Waals surface area contributed by atoms with Crippen molar-refractivity contribution in [3.63, 3.8) is 0 Å².